The molecule has 22 heavy (non-hydrogen) atoms. The third-order valence-corrected chi connectivity index (χ3v) is 5.08. The van der Waals surface area contributed by atoms with Crippen molar-refractivity contribution >= 4 is 5.91 Å². The van der Waals surface area contributed by atoms with Gasteiger partial charge in [-0.2, -0.15) is 13.2 Å². The Hall–Kier alpha value is -1.52. The summed E-state index contributed by atoms with van der Waals surface area (Å²) in [5.41, 5.74) is -0.191. The van der Waals surface area contributed by atoms with Gasteiger partial charge in [0.15, 0.2) is 0 Å². The standard InChI is InChI=1S/C17H20F3NO/c18-17(19,20)15-3-1-2-12(8-15)10-21-16(22)9-14-7-11-4-5-13(14)6-11/h1-3,8,11,13-14H,4-7,9-10H2,(H,21,22)/t11-,13-,14+/m0/s1. The molecule has 2 saturated carbocycles. The molecule has 1 aromatic carbocycles. The van der Waals surface area contributed by atoms with Gasteiger partial charge in [0, 0.05) is 13.0 Å². The van der Waals surface area contributed by atoms with E-state index in [9.17, 15) is 18.0 Å². The molecule has 3 rings (SSSR count). The minimum absolute atomic E-state index is 0.0463. The van der Waals surface area contributed by atoms with Gasteiger partial charge in [-0.3, -0.25) is 4.79 Å². The van der Waals surface area contributed by atoms with Crippen molar-refractivity contribution in [2.24, 2.45) is 17.8 Å². The van der Waals surface area contributed by atoms with E-state index < -0.39 is 11.7 Å². The second kappa shape index (κ2) is 5.94. The summed E-state index contributed by atoms with van der Waals surface area (Å²) >= 11 is 0. The zero-order chi connectivity index (χ0) is 15.7. The molecule has 3 atom stereocenters. The Balaban J connectivity index is 1.51. The average molecular weight is 311 g/mol. The third-order valence-electron chi connectivity index (χ3n) is 5.08. The number of carbonyl (C=O) groups is 1. The first-order valence-corrected chi connectivity index (χ1v) is 7.84. The zero-order valence-electron chi connectivity index (χ0n) is 12.3. The Labute approximate surface area is 128 Å². The van der Waals surface area contributed by atoms with Gasteiger partial charge in [-0.1, -0.05) is 18.6 Å². The summed E-state index contributed by atoms with van der Waals surface area (Å²) in [7, 11) is 0. The normalized spacial score (nSPS) is 27.1. The first-order valence-electron chi connectivity index (χ1n) is 7.84. The molecule has 1 aromatic rings. The predicted molar refractivity (Wildman–Crippen MR) is 76.8 cm³/mol. The number of benzene rings is 1. The Bertz CT molecular complexity index is 555. The Morgan fingerprint density at radius 1 is 1.23 bits per heavy atom. The van der Waals surface area contributed by atoms with E-state index >= 15 is 0 Å². The van der Waals surface area contributed by atoms with Crippen LogP contribution >= 0.6 is 0 Å². The van der Waals surface area contributed by atoms with Crippen molar-refractivity contribution < 1.29 is 18.0 Å². The SMILES string of the molecule is O=C(C[C@H]1C[C@H]2CC[C@H]1C2)NCc1cccc(C(F)(F)F)c1. The second-order valence-corrected chi connectivity index (χ2v) is 6.61. The summed E-state index contributed by atoms with van der Waals surface area (Å²) in [6.45, 7) is 0.156. The van der Waals surface area contributed by atoms with Gasteiger partial charge >= 0.3 is 6.18 Å². The number of amides is 1. The highest BCUT2D eigenvalue weighted by Crippen LogP contribution is 2.49. The molecular weight excluding hydrogens is 291 g/mol. The maximum Gasteiger partial charge on any atom is 0.416 e. The van der Waals surface area contributed by atoms with E-state index in [1.54, 1.807) is 6.07 Å². The Morgan fingerprint density at radius 2 is 2.05 bits per heavy atom. The van der Waals surface area contributed by atoms with Crippen LogP contribution in [0.25, 0.3) is 0 Å². The van der Waals surface area contributed by atoms with Crippen LogP contribution in [0.4, 0.5) is 13.2 Å². The van der Waals surface area contributed by atoms with Crippen molar-refractivity contribution in [1.29, 1.82) is 0 Å². The minimum atomic E-state index is -4.34. The zero-order valence-corrected chi connectivity index (χ0v) is 12.3. The number of fused-ring (bicyclic) bond motifs is 2. The molecule has 0 aromatic heterocycles. The number of carbonyl (C=O) groups excluding carboxylic acids is 1. The van der Waals surface area contributed by atoms with E-state index in [4.69, 9.17) is 0 Å². The number of hydrogen-bond acceptors (Lipinski definition) is 1. The van der Waals surface area contributed by atoms with Crippen molar-refractivity contribution in [3.05, 3.63) is 35.4 Å². The molecule has 1 N–H and O–H groups in total. The van der Waals surface area contributed by atoms with E-state index in [-0.39, 0.29) is 12.5 Å². The lowest BCUT2D eigenvalue weighted by Crippen LogP contribution is -2.27. The fourth-order valence-electron chi connectivity index (χ4n) is 4.00. The first-order chi connectivity index (χ1) is 10.4. The minimum Gasteiger partial charge on any atom is -0.352 e. The molecule has 0 saturated heterocycles. The molecule has 5 heteroatoms. The topological polar surface area (TPSA) is 29.1 Å². The van der Waals surface area contributed by atoms with Gasteiger partial charge in [-0.05, 0) is 54.7 Å². The van der Waals surface area contributed by atoms with Gasteiger partial charge in [0.05, 0.1) is 5.56 Å². The fourth-order valence-corrected chi connectivity index (χ4v) is 4.00. The molecule has 2 fully saturated rings. The van der Waals surface area contributed by atoms with E-state index in [0.717, 1.165) is 24.5 Å². The quantitative estimate of drug-likeness (QED) is 0.889. The maximum absolute atomic E-state index is 12.6. The molecule has 0 spiro atoms. The lowest BCUT2D eigenvalue weighted by Gasteiger charge is -2.21. The Morgan fingerprint density at radius 3 is 2.68 bits per heavy atom. The molecule has 0 aliphatic heterocycles. The van der Waals surface area contributed by atoms with Gasteiger partial charge in [0.1, 0.15) is 0 Å². The van der Waals surface area contributed by atoms with E-state index in [2.05, 4.69) is 5.32 Å². The number of nitrogens with one attached hydrogen (secondary N) is 1. The van der Waals surface area contributed by atoms with Crippen LogP contribution in [-0.4, -0.2) is 5.91 Å². The van der Waals surface area contributed by atoms with Crippen LogP contribution in [0.1, 0.15) is 43.2 Å². The molecule has 0 heterocycles. The molecule has 1 amide bonds. The van der Waals surface area contributed by atoms with E-state index in [1.165, 1.54) is 25.3 Å². The van der Waals surface area contributed by atoms with Crippen LogP contribution in [0.3, 0.4) is 0 Å². The second-order valence-electron chi connectivity index (χ2n) is 6.61. The summed E-state index contributed by atoms with van der Waals surface area (Å²) in [6.07, 6.45) is 1.10. The summed E-state index contributed by atoms with van der Waals surface area (Å²) in [5, 5.41) is 2.76. The van der Waals surface area contributed by atoms with Crippen molar-refractivity contribution in [3.8, 4) is 0 Å². The summed E-state index contributed by atoms with van der Waals surface area (Å²) in [4.78, 5) is 12.0. The smallest absolute Gasteiger partial charge is 0.352 e. The monoisotopic (exact) mass is 311 g/mol. The largest absolute Gasteiger partial charge is 0.416 e. The fraction of sp³-hybridized carbons (Fsp3) is 0.588. The van der Waals surface area contributed by atoms with Crippen molar-refractivity contribution in [2.45, 2.75) is 44.8 Å². The molecule has 2 nitrogen and oxygen atoms in total. The summed E-state index contributed by atoms with van der Waals surface area (Å²) in [6, 6.07) is 5.12. The van der Waals surface area contributed by atoms with Crippen LogP contribution in [0, 0.1) is 17.8 Å². The first kappa shape index (κ1) is 15.4. The van der Waals surface area contributed by atoms with Crippen molar-refractivity contribution in [3.63, 3.8) is 0 Å². The number of halogens is 3. The molecule has 120 valence electrons. The van der Waals surface area contributed by atoms with Gasteiger partial charge in [-0.25, -0.2) is 0 Å². The van der Waals surface area contributed by atoms with Crippen LogP contribution in [-0.2, 0) is 17.5 Å². The third kappa shape index (κ3) is 3.45. The lowest BCUT2D eigenvalue weighted by molar-refractivity contribution is -0.137. The number of rotatable bonds is 4. The number of alkyl halides is 3. The highest BCUT2D eigenvalue weighted by atomic mass is 19.4. The van der Waals surface area contributed by atoms with E-state index in [1.807, 2.05) is 0 Å². The Kier molecular flexibility index (Phi) is 4.15. The highest BCUT2D eigenvalue weighted by Gasteiger charge is 2.40. The molecule has 2 aliphatic rings. The van der Waals surface area contributed by atoms with Crippen LogP contribution in [0.2, 0.25) is 0 Å². The molecule has 0 unspecified atom stereocenters. The van der Waals surface area contributed by atoms with Gasteiger partial charge in [0.25, 0.3) is 0 Å². The molecular formula is C17H20F3NO. The average Bonchev–Trinajstić information content (AvgIpc) is 3.07. The van der Waals surface area contributed by atoms with Gasteiger partial charge < -0.3 is 5.32 Å². The molecule has 0 radical (unpaired) electrons. The van der Waals surface area contributed by atoms with Crippen LogP contribution < -0.4 is 5.32 Å². The number of hydrogen-bond donors (Lipinski definition) is 1. The highest BCUT2D eigenvalue weighted by molar-refractivity contribution is 5.76. The molecule has 2 bridgehead atoms. The summed E-state index contributed by atoms with van der Waals surface area (Å²) in [5.74, 6) is 1.91. The van der Waals surface area contributed by atoms with Gasteiger partial charge in [0.2, 0.25) is 5.91 Å². The van der Waals surface area contributed by atoms with Gasteiger partial charge in [-0.15, -0.1) is 0 Å². The van der Waals surface area contributed by atoms with Crippen molar-refractivity contribution in [1.82, 2.24) is 5.32 Å². The predicted octanol–water partition coefficient (Wildman–Crippen LogP) is 4.15. The lowest BCUT2D eigenvalue weighted by atomic mass is 9.86. The molecule has 2 aliphatic carbocycles. The van der Waals surface area contributed by atoms with Crippen LogP contribution in [0.5, 0.6) is 0 Å². The van der Waals surface area contributed by atoms with E-state index in [0.29, 0.717) is 23.8 Å². The summed E-state index contributed by atoms with van der Waals surface area (Å²) < 4.78 is 37.9. The van der Waals surface area contributed by atoms with Crippen LogP contribution in [0.15, 0.2) is 24.3 Å². The van der Waals surface area contributed by atoms with Crippen molar-refractivity contribution in [2.75, 3.05) is 0 Å². The maximum atomic E-state index is 12.6.